The molecule has 3 atom stereocenters. The lowest BCUT2D eigenvalue weighted by Gasteiger charge is -2.42. The van der Waals surface area contributed by atoms with Gasteiger partial charge in [0.05, 0.1) is 26.0 Å². The third-order valence-corrected chi connectivity index (χ3v) is 7.95. The highest BCUT2D eigenvalue weighted by Gasteiger charge is 2.35. The number of methoxy groups -OCH3 is 1. The van der Waals surface area contributed by atoms with E-state index in [1.54, 1.807) is 6.07 Å². The number of esters is 1. The number of hydrogen-bond acceptors (Lipinski definition) is 8. The van der Waals surface area contributed by atoms with E-state index in [0.29, 0.717) is 30.3 Å². The van der Waals surface area contributed by atoms with Crippen LogP contribution in [-0.4, -0.2) is 47.3 Å². The molecule has 39 heavy (non-hydrogen) atoms. The number of carbonyl (C=O) groups excluding carboxylic acids is 1. The molecule has 6 rings (SSSR count). The van der Waals surface area contributed by atoms with E-state index in [-0.39, 0.29) is 30.3 Å². The number of likely N-dealkylation sites (tertiary alicyclic amines) is 1. The Kier molecular flexibility index (Phi) is 6.60. The van der Waals surface area contributed by atoms with E-state index in [4.69, 9.17) is 13.9 Å². The lowest BCUT2D eigenvalue weighted by Crippen LogP contribution is -2.46. The van der Waals surface area contributed by atoms with Crippen LogP contribution in [0.3, 0.4) is 0 Å². The minimum atomic E-state index is -0.738. The molecule has 2 aromatic heterocycles. The van der Waals surface area contributed by atoms with Gasteiger partial charge in [0.2, 0.25) is 11.2 Å². The van der Waals surface area contributed by atoms with Crippen molar-refractivity contribution in [1.82, 2.24) is 9.47 Å². The fraction of sp³-hybridized carbons (Fsp3) is 0.367. The molecule has 1 saturated heterocycles. The van der Waals surface area contributed by atoms with Crippen molar-refractivity contribution >= 4 is 12.0 Å². The smallest absolute Gasteiger partial charge is 0.306 e. The molecule has 0 amide bonds. The second-order valence-corrected chi connectivity index (χ2v) is 10.6. The monoisotopic (exact) mass is 530 g/mol. The second kappa shape index (κ2) is 10.2. The third kappa shape index (κ3) is 4.90. The summed E-state index contributed by atoms with van der Waals surface area (Å²) in [5, 5.41) is 10.8. The Hall–Kier alpha value is -4.11. The van der Waals surface area contributed by atoms with E-state index in [1.165, 1.54) is 13.2 Å². The largest absolute Gasteiger partial charge is 0.502 e. The highest BCUT2D eigenvalue weighted by molar-refractivity contribution is 5.73. The predicted octanol–water partition coefficient (Wildman–Crippen LogP) is 3.25. The first-order valence-corrected chi connectivity index (χ1v) is 13.2. The van der Waals surface area contributed by atoms with E-state index in [0.717, 1.165) is 36.5 Å². The van der Waals surface area contributed by atoms with Gasteiger partial charge in [0.1, 0.15) is 18.1 Å². The Morgan fingerprint density at radius 1 is 1.13 bits per heavy atom. The van der Waals surface area contributed by atoms with Crippen LogP contribution in [0.2, 0.25) is 0 Å². The molecule has 0 aliphatic carbocycles. The first-order chi connectivity index (χ1) is 18.9. The van der Waals surface area contributed by atoms with Gasteiger partial charge in [-0.2, -0.15) is 0 Å². The van der Waals surface area contributed by atoms with Crippen molar-refractivity contribution in [1.29, 1.82) is 0 Å². The summed E-state index contributed by atoms with van der Waals surface area (Å²) < 4.78 is 18.9. The van der Waals surface area contributed by atoms with E-state index in [9.17, 15) is 19.5 Å². The van der Waals surface area contributed by atoms with Crippen molar-refractivity contribution < 1.29 is 23.8 Å². The van der Waals surface area contributed by atoms with Gasteiger partial charge < -0.3 is 23.6 Å². The molecular weight excluding hydrogens is 500 g/mol. The highest BCUT2D eigenvalue weighted by atomic mass is 16.5. The molecule has 1 aromatic carbocycles. The summed E-state index contributed by atoms with van der Waals surface area (Å²) in [4.78, 5) is 39.9. The van der Waals surface area contributed by atoms with Gasteiger partial charge in [0, 0.05) is 48.9 Å². The Balaban J connectivity index is 1.31. The molecule has 1 fully saturated rings. The molecule has 3 aromatic rings. The molecule has 2 bridgehead atoms. The topological polar surface area (TPSA) is 111 Å². The number of para-hydroxylation sites is 1. The molecule has 0 saturated carbocycles. The summed E-state index contributed by atoms with van der Waals surface area (Å²) in [5.41, 5.74) is 2.05. The fourth-order valence-corrected chi connectivity index (χ4v) is 6.19. The van der Waals surface area contributed by atoms with E-state index < -0.39 is 23.1 Å². The predicted molar refractivity (Wildman–Crippen MR) is 143 cm³/mol. The van der Waals surface area contributed by atoms with Gasteiger partial charge >= 0.3 is 5.97 Å². The zero-order chi connectivity index (χ0) is 27.1. The summed E-state index contributed by atoms with van der Waals surface area (Å²) in [7, 11) is 1.30. The molecule has 202 valence electrons. The number of rotatable bonds is 6. The van der Waals surface area contributed by atoms with Crippen molar-refractivity contribution in [2.75, 3.05) is 26.8 Å². The Morgan fingerprint density at radius 2 is 1.97 bits per heavy atom. The zero-order valence-corrected chi connectivity index (χ0v) is 21.7. The highest BCUT2D eigenvalue weighted by Crippen LogP contribution is 2.39. The van der Waals surface area contributed by atoms with Crippen LogP contribution in [0.4, 0.5) is 0 Å². The number of fused-ring (bicyclic) bond motifs is 5. The van der Waals surface area contributed by atoms with Crippen molar-refractivity contribution in [3.63, 3.8) is 0 Å². The van der Waals surface area contributed by atoms with E-state index in [2.05, 4.69) is 4.90 Å². The average molecular weight is 531 g/mol. The molecule has 3 aliphatic heterocycles. The van der Waals surface area contributed by atoms with Gasteiger partial charge in [-0.05, 0) is 36.1 Å². The molecule has 0 radical (unpaired) electrons. The summed E-state index contributed by atoms with van der Waals surface area (Å²) in [6.07, 6.45) is 2.80. The molecule has 3 aliphatic rings. The van der Waals surface area contributed by atoms with Crippen LogP contribution >= 0.6 is 0 Å². The minimum Gasteiger partial charge on any atom is -0.502 e. The number of aromatic hydroxyl groups is 1. The van der Waals surface area contributed by atoms with Crippen molar-refractivity contribution in [3.05, 3.63) is 97.5 Å². The molecular formula is C30H30N2O7. The Morgan fingerprint density at radius 3 is 2.82 bits per heavy atom. The van der Waals surface area contributed by atoms with E-state index in [1.807, 2.05) is 47.0 Å². The van der Waals surface area contributed by atoms with Crippen molar-refractivity contribution in [2.45, 2.75) is 37.8 Å². The van der Waals surface area contributed by atoms with Gasteiger partial charge in [-0.3, -0.25) is 19.3 Å². The van der Waals surface area contributed by atoms with Crippen LogP contribution in [0, 0.1) is 5.92 Å². The van der Waals surface area contributed by atoms with Gasteiger partial charge in [-0.15, -0.1) is 0 Å². The van der Waals surface area contributed by atoms with Crippen LogP contribution in [0.1, 0.15) is 47.5 Å². The Bertz CT molecular complexity index is 1570. The standard InChI is InChI=1S/C30H30N2O7/c1-37-28(35)12-23(21-10-19-5-2-3-7-26(19)38-17-21)30-29(36)25(33)11-22(39-30)16-31-13-18-9-20(15-31)24-6-4-8-27(34)32(24)14-18/h2-8,10-11,18,20,23,36H,9,12-17H2,1H3/t18-,20+,23-/m0/s1. The maximum absolute atomic E-state index is 12.9. The molecule has 9 nitrogen and oxygen atoms in total. The van der Waals surface area contributed by atoms with E-state index >= 15 is 0 Å². The van der Waals surface area contributed by atoms with Crippen LogP contribution in [0.5, 0.6) is 11.5 Å². The van der Waals surface area contributed by atoms with Gasteiger partial charge in [0.15, 0.2) is 5.76 Å². The van der Waals surface area contributed by atoms with Crippen LogP contribution in [-0.2, 0) is 22.6 Å². The summed E-state index contributed by atoms with van der Waals surface area (Å²) >= 11 is 0. The zero-order valence-electron chi connectivity index (χ0n) is 21.7. The molecule has 0 unspecified atom stereocenters. The lowest BCUT2D eigenvalue weighted by atomic mass is 9.83. The minimum absolute atomic E-state index is 0.0325. The first-order valence-electron chi connectivity index (χ1n) is 13.2. The third-order valence-electron chi connectivity index (χ3n) is 7.95. The number of ether oxygens (including phenoxy) is 2. The number of carbonyl (C=O) groups is 1. The van der Waals surface area contributed by atoms with Crippen molar-refractivity contribution in [3.8, 4) is 11.5 Å². The maximum Gasteiger partial charge on any atom is 0.306 e. The van der Waals surface area contributed by atoms with Gasteiger partial charge in [0.25, 0.3) is 5.56 Å². The molecule has 5 heterocycles. The summed E-state index contributed by atoms with van der Waals surface area (Å²) in [6, 6.07) is 14.3. The SMILES string of the molecule is COC(=O)C[C@@H](C1=Cc2ccccc2OC1)c1oc(CN2C[C@@H]3C[C@H](C2)c2cccc(=O)n2C3)cc(=O)c1O. The first kappa shape index (κ1) is 25.2. The number of piperidine rings is 1. The number of aromatic nitrogens is 1. The van der Waals surface area contributed by atoms with Crippen LogP contribution < -0.4 is 15.7 Å². The lowest BCUT2D eigenvalue weighted by molar-refractivity contribution is -0.141. The maximum atomic E-state index is 12.9. The number of hydrogen-bond donors (Lipinski definition) is 1. The second-order valence-electron chi connectivity index (χ2n) is 10.6. The summed E-state index contributed by atoms with van der Waals surface area (Å²) in [6.45, 7) is 2.71. The van der Waals surface area contributed by atoms with Crippen LogP contribution in [0.15, 0.2) is 68.1 Å². The molecule has 1 N–H and O–H groups in total. The molecule has 0 spiro atoms. The number of benzene rings is 1. The summed E-state index contributed by atoms with van der Waals surface area (Å²) in [5.74, 6) is -0.0593. The quantitative estimate of drug-likeness (QED) is 0.484. The average Bonchev–Trinajstić information content (AvgIpc) is 2.94. The van der Waals surface area contributed by atoms with Crippen molar-refractivity contribution in [2.24, 2.45) is 5.92 Å². The normalized spacial score (nSPS) is 20.7. The number of pyridine rings is 1. The van der Waals surface area contributed by atoms with Gasteiger partial charge in [-0.1, -0.05) is 24.3 Å². The van der Waals surface area contributed by atoms with Gasteiger partial charge in [-0.25, -0.2) is 0 Å². The Labute approximate surface area is 224 Å². The van der Waals surface area contributed by atoms with Crippen LogP contribution in [0.25, 0.3) is 6.08 Å². The number of nitrogens with zero attached hydrogens (tertiary/aromatic N) is 2. The molecule has 9 heteroatoms. The fourth-order valence-electron chi connectivity index (χ4n) is 6.19.